The van der Waals surface area contributed by atoms with E-state index in [9.17, 15) is 19.3 Å². The molecule has 0 saturated carbocycles. The second-order valence-corrected chi connectivity index (χ2v) is 7.00. The van der Waals surface area contributed by atoms with Crippen molar-refractivity contribution in [3.63, 3.8) is 0 Å². The summed E-state index contributed by atoms with van der Waals surface area (Å²) in [6.45, 7) is 0. The molecule has 3 rings (SSSR count). The first-order valence-electron chi connectivity index (χ1n) is 9.76. The van der Waals surface area contributed by atoms with Crippen molar-refractivity contribution in [2.45, 2.75) is 0 Å². The third-order valence-electron chi connectivity index (χ3n) is 4.59. The summed E-state index contributed by atoms with van der Waals surface area (Å²) >= 11 is 0. The Labute approximate surface area is 189 Å². The zero-order valence-electron chi connectivity index (χ0n) is 18.2. The highest BCUT2D eigenvalue weighted by Gasteiger charge is 2.26. The van der Waals surface area contributed by atoms with Gasteiger partial charge in [-0.05, 0) is 42.5 Å². The van der Waals surface area contributed by atoms with Crippen LogP contribution in [0.5, 0.6) is 5.75 Å². The quantitative estimate of drug-likeness (QED) is 0.304. The summed E-state index contributed by atoms with van der Waals surface area (Å²) in [5.74, 6) is -2.33. The van der Waals surface area contributed by atoms with Crippen molar-refractivity contribution in [2.75, 3.05) is 26.1 Å². The zero-order valence-corrected chi connectivity index (χ0v) is 18.2. The molecule has 0 unspecified atom stereocenters. The van der Waals surface area contributed by atoms with E-state index in [4.69, 9.17) is 14.3 Å². The first kappa shape index (κ1) is 23.1. The number of rotatable bonds is 7. The number of benzene rings is 3. The number of hydrogen-bond donors (Lipinski definition) is 0. The van der Waals surface area contributed by atoms with Crippen LogP contribution in [0.15, 0.2) is 72.8 Å². The van der Waals surface area contributed by atoms with E-state index in [1.54, 1.807) is 30.3 Å². The lowest BCUT2D eigenvalue weighted by molar-refractivity contribution is -0.713. The molecule has 9 heteroatoms. The molecule has 3 aromatic carbocycles. The minimum atomic E-state index is -0.906. The summed E-state index contributed by atoms with van der Waals surface area (Å²) in [5, 5.41) is 0. The average Bonchev–Trinajstić information content (AvgIpc) is 2.83. The first-order chi connectivity index (χ1) is 15.8. The zero-order chi connectivity index (χ0) is 24.0. The Bertz CT molecular complexity index is 1200. The standard InChI is InChI=1S/C24H21N2O7/c1-25(2)19-8-6-7-17(15-19)23(28)32-22(27)16-11-13-18(14-12-16)26(30)33-24(29)20-9-4-5-10-21(20)31-3/h4-15H,1-3H3/q+1. The molecule has 9 nitrogen and oxygen atoms in total. The van der Waals surface area contributed by atoms with E-state index < -0.39 is 17.9 Å². The molecule has 33 heavy (non-hydrogen) atoms. The summed E-state index contributed by atoms with van der Waals surface area (Å²) in [7, 11) is 5.04. The largest absolute Gasteiger partial charge is 0.496 e. The Hall–Kier alpha value is -4.53. The molecule has 168 valence electrons. The van der Waals surface area contributed by atoms with Gasteiger partial charge in [-0.25, -0.2) is 14.4 Å². The molecule has 0 fully saturated rings. The van der Waals surface area contributed by atoms with Gasteiger partial charge in [-0.1, -0.05) is 18.2 Å². The molecular formula is C24H21N2O7+. The topological polar surface area (TPSA) is 102 Å². The van der Waals surface area contributed by atoms with Gasteiger partial charge in [-0.3, -0.25) is 0 Å². The number of anilines is 1. The fourth-order valence-electron chi connectivity index (χ4n) is 2.82. The minimum absolute atomic E-state index is 0.0157. The number of carbonyl (C=O) groups is 3. The van der Waals surface area contributed by atoms with Crippen molar-refractivity contribution in [2.24, 2.45) is 0 Å². The lowest BCUT2D eigenvalue weighted by atomic mass is 10.2. The normalized spacial score (nSPS) is 10.2. The summed E-state index contributed by atoms with van der Waals surface area (Å²) in [6.07, 6.45) is 0. The number of nitrogens with zero attached hydrogens (tertiary/aromatic N) is 2. The van der Waals surface area contributed by atoms with Crippen LogP contribution in [0.3, 0.4) is 0 Å². The maximum atomic E-state index is 12.3. The Balaban J connectivity index is 1.65. The first-order valence-corrected chi connectivity index (χ1v) is 9.76. The predicted octanol–water partition coefficient (Wildman–Crippen LogP) is 3.94. The Morgan fingerprint density at radius 1 is 0.788 bits per heavy atom. The highest BCUT2D eigenvalue weighted by molar-refractivity contribution is 6.03. The lowest BCUT2D eigenvalue weighted by Crippen LogP contribution is -2.15. The van der Waals surface area contributed by atoms with E-state index in [-0.39, 0.29) is 33.1 Å². The van der Waals surface area contributed by atoms with E-state index in [1.807, 2.05) is 25.1 Å². The van der Waals surface area contributed by atoms with Crippen LogP contribution in [0.25, 0.3) is 0 Å². The number of ether oxygens (including phenoxy) is 2. The van der Waals surface area contributed by atoms with Crippen LogP contribution in [0, 0.1) is 4.91 Å². The van der Waals surface area contributed by atoms with Crippen LogP contribution >= 0.6 is 0 Å². The number of para-hydroxylation sites is 1. The second kappa shape index (κ2) is 10.2. The van der Waals surface area contributed by atoms with Crippen molar-refractivity contribution >= 4 is 29.3 Å². The van der Waals surface area contributed by atoms with Crippen LogP contribution in [0.1, 0.15) is 31.1 Å². The monoisotopic (exact) mass is 449 g/mol. The van der Waals surface area contributed by atoms with Crippen molar-refractivity contribution in [1.82, 2.24) is 0 Å². The van der Waals surface area contributed by atoms with Gasteiger partial charge in [-0.15, -0.1) is 4.84 Å². The van der Waals surface area contributed by atoms with E-state index >= 15 is 0 Å². The van der Waals surface area contributed by atoms with E-state index in [0.29, 0.717) is 0 Å². The van der Waals surface area contributed by atoms with Gasteiger partial charge in [0.15, 0.2) is 0 Å². The van der Waals surface area contributed by atoms with Crippen molar-refractivity contribution in [1.29, 1.82) is 0 Å². The minimum Gasteiger partial charge on any atom is -0.496 e. The molecule has 0 saturated heterocycles. The fraction of sp³-hybridized carbons (Fsp3) is 0.125. The van der Waals surface area contributed by atoms with Crippen LogP contribution in [-0.2, 0) is 9.57 Å². The molecule has 0 aliphatic heterocycles. The molecule has 0 heterocycles. The highest BCUT2D eigenvalue weighted by Crippen LogP contribution is 2.21. The molecule has 0 atom stereocenters. The van der Waals surface area contributed by atoms with Crippen LogP contribution in [-0.4, -0.2) is 44.0 Å². The van der Waals surface area contributed by atoms with E-state index in [2.05, 4.69) is 0 Å². The second-order valence-electron chi connectivity index (χ2n) is 7.00. The van der Waals surface area contributed by atoms with E-state index in [1.165, 1.54) is 43.5 Å². The van der Waals surface area contributed by atoms with Gasteiger partial charge in [0, 0.05) is 31.9 Å². The molecule has 0 aliphatic carbocycles. The van der Waals surface area contributed by atoms with Gasteiger partial charge in [-0.2, -0.15) is 0 Å². The molecule has 0 N–H and O–H groups in total. The number of hydrogen-bond acceptors (Lipinski definition) is 8. The lowest BCUT2D eigenvalue weighted by Gasteiger charge is -2.12. The molecule has 0 radical (unpaired) electrons. The highest BCUT2D eigenvalue weighted by atomic mass is 16.8. The molecule has 0 spiro atoms. The molecule has 0 aromatic heterocycles. The molecule has 0 amide bonds. The summed E-state index contributed by atoms with van der Waals surface area (Å²) in [5.41, 5.74) is 1.08. The number of methoxy groups -OCH3 is 1. The maximum Gasteiger partial charge on any atom is 0.420 e. The SMILES string of the molecule is COc1ccccc1C(=O)O[N+](=O)c1ccc(C(=O)OC(=O)c2cccc(N(C)C)c2)cc1. The van der Waals surface area contributed by atoms with Gasteiger partial charge in [0.1, 0.15) is 11.3 Å². The van der Waals surface area contributed by atoms with Gasteiger partial charge in [0.25, 0.3) is 4.92 Å². The van der Waals surface area contributed by atoms with E-state index in [0.717, 1.165) is 5.69 Å². The van der Waals surface area contributed by atoms with Crippen LogP contribution in [0.2, 0.25) is 0 Å². The maximum absolute atomic E-state index is 12.3. The van der Waals surface area contributed by atoms with Gasteiger partial charge in [0.2, 0.25) is 0 Å². The Morgan fingerprint density at radius 2 is 1.45 bits per heavy atom. The molecular weight excluding hydrogens is 428 g/mol. The third kappa shape index (κ3) is 5.59. The van der Waals surface area contributed by atoms with Crippen molar-refractivity contribution in [3.8, 4) is 5.75 Å². The average molecular weight is 449 g/mol. The third-order valence-corrected chi connectivity index (χ3v) is 4.59. The summed E-state index contributed by atoms with van der Waals surface area (Å²) < 4.78 is 9.99. The molecule has 3 aromatic rings. The predicted molar refractivity (Wildman–Crippen MR) is 119 cm³/mol. The summed E-state index contributed by atoms with van der Waals surface area (Å²) in [4.78, 5) is 55.7. The Morgan fingerprint density at radius 3 is 2.12 bits per heavy atom. The van der Waals surface area contributed by atoms with Crippen LogP contribution in [0.4, 0.5) is 11.4 Å². The van der Waals surface area contributed by atoms with Crippen LogP contribution < -0.4 is 9.64 Å². The molecule has 0 bridgehead atoms. The van der Waals surface area contributed by atoms with Crippen molar-refractivity contribution < 1.29 is 33.6 Å². The summed E-state index contributed by atoms with van der Waals surface area (Å²) in [6, 6.07) is 18.0. The van der Waals surface area contributed by atoms with Crippen molar-refractivity contribution in [3.05, 3.63) is 94.4 Å². The molecule has 0 aliphatic rings. The number of esters is 2. The fourth-order valence-corrected chi connectivity index (χ4v) is 2.82. The van der Waals surface area contributed by atoms with Gasteiger partial charge >= 0.3 is 23.6 Å². The van der Waals surface area contributed by atoms with Gasteiger partial charge < -0.3 is 14.4 Å². The smallest absolute Gasteiger partial charge is 0.420 e. The van der Waals surface area contributed by atoms with Gasteiger partial charge in [0.05, 0.1) is 23.1 Å². The number of carbonyl (C=O) groups excluding carboxylic acids is 3. The Kier molecular flexibility index (Phi) is 7.14.